The van der Waals surface area contributed by atoms with Crippen LogP contribution in [-0.4, -0.2) is 54.0 Å². The molecule has 1 amide bonds. The fourth-order valence-corrected chi connectivity index (χ4v) is 2.38. The van der Waals surface area contributed by atoms with Crippen LogP contribution in [0.1, 0.15) is 40.0 Å². The molecule has 0 aromatic rings. The lowest BCUT2D eigenvalue weighted by Gasteiger charge is -2.38. The Hall–Kier alpha value is -1.30. The number of aliphatic hydroxyl groups excluding tert-OH is 1. The number of hydrogen-bond acceptors (Lipinski definition) is 5. The van der Waals surface area contributed by atoms with E-state index < -0.39 is 23.7 Å². The van der Waals surface area contributed by atoms with Gasteiger partial charge in [-0.25, -0.2) is 9.59 Å². The van der Waals surface area contributed by atoms with Crippen molar-refractivity contribution in [2.75, 3.05) is 20.3 Å². The molecule has 116 valence electrons. The minimum Gasteiger partial charge on any atom is -0.467 e. The summed E-state index contributed by atoms with van der Waals surface area (Å²) in [7, 11) is 1.31. The van der Waals surface area contributed by atoms with E-state index in [1.165, 1.54) is 12.0 Å². The molecule has 1 N–H and O–H groups in total. The van der Waals surface area contributed by atoms with Crippen LogP contribution in [0, 0.1) is 5.92 Å². The number of carbonyl (C=O) groups excluding carboxylic acids is 2. The Kier molecular flexibility index (Phi) is 5.80. The van der Waals surface area contributed by atoms with E-state index in [2.05, 4.69) is 0 Å². The number of ether oxygens (including phenoxy) is 2. The second-order valence-electron chi connectivity index (χ2n) is 6.12. The summed E-state index contributed by atoms with van der Waals surface area (Å²) < 4.78 is 10.1. The smallest absolute Gasteiger partial charge is 0.411 e. The number of rotatable bonds is 3. The highest BCUT2D eigenvalue weighted by molar-refractivity contribution is 5.81. The van der Waals surface area contributed by atoms with Gasteiger partial charge in [-0.05, 0) is 46.0 Å². The monoisotopic (exact) mass is 287 g/mol. The summed E-state index contributed by atoms with van der Waals surface area (Å²) in [5.74, 6) is -0.207. The molecule has 6 nitrogen and oxygen atoms in total. The van der Waals surface area contributed by atoms with E-state index in [-0.39, 0.29) is 12.5 Å². The second-order valence-corrected chi connectivity index (χ2v) is 6.12. The van der Waals surface area contributed by atoms with Gasteiger partial charge >= 0.3 is 12.1 Å². The average molecular weight is 287 g/mol. The third-order valence-electron chi connectivity index (χ3n) is 3.35. The summed E-state index contributed by atoms with van der Waals surface area (Å²) in [6.07, 6.45) is 1.41. The number of nitrogens with zero attached hydrogens (tertiary/aromatic N) is 1. The van der Waals surface area contributed by atoms with Crippen LogP contribution in [0.15, 0.2) is 0 Å². The van der Waals surface area contributed by atoms with Crippen LogP contribution in [0.4, 0.5) is 4.79 Å². The van der Waals surface area contributed by atoms with Gasteiger partial charge in [-0.2, -0.15) is 0 Å². The Morgan fingerprint density at radius 2 is 2.00 bits per heavy atom. The fraction of sp³-hybridized carbons (Fsp3) is 0.857. The zero-order valence-electron chi connectivity index (χ0n) is 12.7. The van der Waals surface area contributed by atoms with Crippen molar-refractivity contribution in [1.29, 1.82) is 0 Å². The topological polar surface area (TPSA) is 76.1 Å². The molecule has 0 aromatic heterocycles. The first kappa shape index (κ1) is 16.8. The van der Waals surface area contributed by atoms with Crippen LogP contribution >= 0.6 is 0 Å². The van der Waals surface area contributed by atoms with E-state index in [4.69, 9.17) is 14.6 Å². The Morgan fingerprint density at radius 3 is 2.50 bits per heavy atom. The first-order valence-electron chi connectivity index (χ1n) is 6.96. The van der Waals surface area contributed by atoms with Gasteiger partial charge in [0.2, 0.25) is 0 Å². The van der Waals surface area contributed by atoms with E-state index in [0.717, 1.165) is 6.42 Å². The highest BCUT2D eigenvalue weighted by Crippen LogP contribution is 2.27. The molecule has 0 bridgehead atoms. The number of piperidine rings is 1. The molecular formula is C14H25NO5. The summed E-state index contributed by atoms with van der Waals surface area (Å²) in [6, 6.07) is -0.625. The second kappa shape index (κ2) is 6.92. The van der Waals surface area contributed by atoms with E-state index in [9.17, 15) is 9.59 Å². The van der Waals surface area contributed by atoms with Gasteiger partial charge in [0.05, 0.1) is 7.11 Å². The van der Waals surface area contributed by atoms with Crippen molar-refractivity contribution in [3.8, 4) is 0 Å². The lowest BCUT2D eigenvalue weighted by Crippen LogP contribution is -2.52. The van der Waals surface area contributed by atoms with E-state index >= 15 is 0 Å². The van der Waals surface area contributed by atoms with Gasteiger partial charge in [0.25, 0.3) is 0 Å². The number of carbonyl (C=O) groups is 2. The summed E-state index contributed by atoms with van der Waals surface area (Å²) >= 11 is 0. The number of likely N-dealkylation sites (tertiary alicyclic amines) is 1. The van der Waals surface area contributed by atoms with Gasteiger partial charge in [-0.3, -0.25) is 4.90 Å². The van der Waals surface area contributed by atoms with Crippen LogP contribution in [0.25, 0.3) is 0 Å². The first-order valence-corrected chi connectivity index (χ1v) is 6.96. The molecule has 1 fully saturated rings. The predicted octanol–water partition coefficient (Wildman–Crippen LogP) is 1.56. The van der Waals surface area contributed by atoms with Crippen molar-refractivity contribution in [3.63, 3.8) is 0 Å². The summed E-state index contributed by atoms with van der Waals surface area (Å²) in [5, 5.41) is 9.01. The average Bonchev–Trinajstić information content (AvgIpc) is 2.36. The maximum absolute atomic E-state index is 12.2. The van der Waals surface area contributed by atoms with Crippen molar-refractivity contribution >= 4 is 12.1 Å². The Morgan fingerprint density at radius 1 is 1.35 bits per heavy atom. The molecular weight excluding hydrogens is 262 g/mol. The normalized spacial score (nSPS) is 23.4. The number of hydrogen-bond donors (Lipinski definition) is 1. The first-order chi connectivity index (χ1) is 9.28. The highest BCUT2D eigenvalue weighted by atomic mass is 16.6. The molecule has 0 unspecified atom stereocenters. The molecule has 1 heterocycles. The summed E-state index contributed by atoms with van der Waals surface area (Å²) in [5.41, 5.74) is -0.598. The minimum absolute atomic E-state index is 0.0883. The molecule has 2 atom stereocenters. The van der Waals surface area contributed by atoms with Crippen molar-refractivity contribution in [3.05, 3.63) is 0 Å². The van der Waals surface area contributed by atoms with Crippen LogP contribution in [-0.2, 0) is 14.3 Å². The maximum Gasteiger partial charge on any atom is 0.411 e. The molecule has 1 rings (SSSR count). The van der Waals surface area contributed by atoms with Crippen molar-refractivity contribution in [1.82, 2.24) is 4.90 Å². The molecule has 0 radical (unpaired) electrons. The minimum atomic E-state index is -0.625. The predicted molar refractivity (Wildman–Crippen MR) is 73.2 cm³/mol. The Bertz CT molecular complexity index is 350. The molecule has 0 spiro atoms. The van der Waals surface area contributed by atoms with Gasteiger partial charge in [0.15, 0.2) is 0 Å². The maximum atomic E-state index is 12.2. The lowest BCUT2D eigenvalue weighted by atomic mass is 9.89. The Balaban J connectivity index is 2.77. The molecule has 1 saturated heterocycles. The number of aliphatic hydroxyl groups is 1. The molecule has 1 aliphatic heterocycles. The van der Waals surface area contributed by atoms with E-state index in [0.29, 0.717) is 19.4 Å². The van der Waals surface area contributed by atoms with Gasteiger partial charge in [-0.15, -0.1) is 0 Å². The van der Waals surface area contributed by atoms with Gasteiger partial charge in [-0.1, -0.05) is 0 Å². The van der Waals surface area contributed by atoms with Gasteiger partial charge in [0, 0.05) is 13.2 Å². The van der Waals surface area contributed by atoms with Crippen LogP contribution < -0.4 is 0 Å². The lowest BCUT2D eigenvalue weighted by molar-refractivity contribution is -0.149. The molecule has 20 heavy (non-hydrogen) atoms. The summed E-state index contributed by atoms with van der Waals surface area (Å²) in [6.45, 7) is 5.90. The molecule has 1 aliphatic rings. The number of amides is 1. The fourth-order valence-electron chi connectivity index (χ4n) is 2.38. The zero-order valence-corrected chi connectivity index (χ0v) is 12.7. The zero-order chi connectivity index (χ0) is 15.3. The van der Waals surface area contributed by atoms with Crippen LogP contribution in [0.5, 0.6) is 0 Å². The quantitative estimate of drug-likeness (QED) is 0.797. The third kappa shape index (κ3) is 4.67. The van der Waals surface area contributed by atoms with E-state index in [1.807, 2.05) is 0 Å². The third-order valence-corrected chi connectivity index (χ3v) is 3.35. The van der Waals surface area contributed by atoms with Crippen molar-refractivity contribution < 1.29 is 24.2 Å². The highest BCUT2D eigenvalue weighted by Gasteiger charge is 2.38. The molecule has 0 saturated carbocycles. The van der Waals surface area contributed by atoms with Gasteiger partial charge < -0.3 is 14.6 Å². The van der Waals surface area contributed by atoms with Crippen LogP contribution in [0.2, 0.25) is 0 Å². The molecule has 0 aliphatic carbocycles. The molecule has 0 aromatic carbocycles. The summed E-state index contributed by atoms with van der Waals surface area (Å²) in [4.78, 5) is 25.5. The number of methoxy groups -OCH3 is 1. The largest absolute Gasteiger partial charge is 0.467 e. The molecule has 6 heteroatoms. The SMILES string of the molecule is COC(=O)[C@@H]1C[C@H](CCO)CCN1C(=O)OC(C)(C)C. The van der Waals surface area contributed by atoms with Gasteiger partial charge in [0.1, 0.15) is 11.6 Å². The Labute approximate surface area is 120 Å². The van der Waals surface area contributed by atoms with Crippen molar-refractivity contribution in [2.24, 2.45) is 5.92 Å². The van der Waals surface area contributed by atoms with Crippen LogP contribution in [0.3, 0.4) is 0 Å². The van der Waals surface area contributed by atoms with E-state index in [1.54, 1.807) is 20.8 Å². The standard InChI is InChI=1S/C14H25NO5/c1-14(2,3)20-13(18)15-7-5-10(6-8-16)9-11(15)12(17)19-4/h10-11,16H,5-9H2,1-4H3/t10-,11-/m0/s1. The van der Waals surface area contributed by atoms with Crippen molar-refractivity contribution in [2.45, 2.75) is 51.7 Å². The number of esters is 1.